The fraction of sp³-hybridized carbons (Fsp3) is 0.588. The van der Waals surface area contributed by atoms with Gasteiger partial charge < -0.3 is 9.64 Å². The third-order valence-electron chi connectivity index (χ3n) is 5.62. The van der Waals surface area contributed by atoms with Gasteiger partial charge in [0.15, 0.2) is 0 Å². The first-order valence-electron chi connectivity index (χ1n) is 7.68. The standard InChI is InChI=1S/C17H21NO2/c1-18-9-14-12-7-8-13(15(14)10-18)16(12)20-17(19)11-5-3-2-4-6-11/h2-6,12-16H,7-10H2,1H3/t12-,13-,14-,15-/m1/s1. The summed E-state index contributed by atoms with van der Waals surface area (Å²) >= 11 is 0. The van der Waals surface area contributed by atoms with Crippen LogP contribution >= 0.6 is 0 Å². The van der Waals surface area contributed by atoms with Crippen molar-refractivity contribution in [1.29, 1.82) is 0 Å². The molecule has 3 heteroatoms. The molecule has 2 bridgehead atoms. The molecular weight excluding hydrogens is 250 g/mol. The van der Waals surface area contributed by atoms with E-state index in [9.17, 15) is 4.79 Å². The molecule has 2 saturated carbocycles. The second-order valence-corrected chi connectivity index (χ2v) is 6.69. The smallest absolute Gasteiger partial charge is 0.338 e. The zero-order chi connectivity index (χ0) is 13.7. The molecule has 3 nitrogen and oxygen atoms in total. The van der Waals surface area contributed by atoms with Crippen LogP contribution in [-0.2, 0) is 4.74 Å². The molecular formula is C17H21NO2. The van der Waals surface area contributed by atoms with E-state index in [1.54, 1.807) is 0 Å². The van der Waals surface area contributed by atoms with Crippen molar-refractivity contribution < 1.29 is 9.53 Å². The molecule has 2 aliphatic carbocycles. The molecule has 0 N–H and O–H groups in total. The molecule has 1 heterocycles. The summed E-state index contributed by atoms with van der Waals surface area (Å²) < 4.78 is 5.90. The van der Waals surface area contributed by atoms with Gasteiger partial charge >= 0.3 is 5.97 Å². The highest BCUT2D eigenvalue weighted by Crippen LogP contribution is 2.56. The second-order valence-electron chi connectivity index (χ2n) is 6.69. The molecule has 3 fully saturated rings. The van der Waals surface area contributed by atoms with Gasteiger partial charge in [0.05, 0.1) is 5.56 Å². The van der Waals surface area contributed by atoms with Crippen LogP contribution in [0.15, 0.2) is 30.3 Å². The van der Waals surface area contributed by atoms with E-state index in [4.69, 9.17) is 4.74 Å². The van der Waals surface area contributed by atoms with Crippen LogP contribution in [0.4, 0.5) is 0 Å². The van der Waals surface area contributed by atoms with E-state index in [1.807, 2.05) is 30.3 Å². The number of hydrogen-bond donors (Lipinski definition) is 0. The maximum absolute atomic E-state index is 12.3. The second kappa shape index (κ2) is 4.59. The Hall–Kier alpha value is -1.35. The molecule has 1 saturated heterocycles. The first-order valence-corrected chi connectivity index (χ1v) is 7.68. The number of benzene rings is 1. The lowest BCUT2D eigenvalue weighted by Crippen LogP contribution is -2.28. The van der Waals surface area contributed by atoms with Crippen molar-refractivity contribution >= 4 is 5.97 Å². The zero-order valence-corrected chi connectivity index (χ0v) is 11.9. The Morgan fingerprint density at radius 3 is 2.25 bits per heavy atom. The van der Waals surface area contributed by atoms with Gasteiger partial charge in [-0.25, -0.2) is 4.79 Å². The summed E-state index contributed by atoms with van der Waals surface area (Å²) in [7, 11) is 2.21. The molecule has 1 aliphatic heterocycles. The average molecular weight is 271 g/mol. The van der Waals surface area contributed by atoms with Crippen LogP contribution in [0.1, 0.15) is 23.2 Å². The van der Waals surface area contributed by atoms with Gasteiger partial charge in [0, 0.05) is 24.9 Å². The number of ether oxygens (including phenoxy) is 1. The zero-order valence-electron chi connectivity index (χ0n) is 11.9. The summed E-state index contributed by atoms with van der Waals surface area (Å²) in [6.45, 7) is 2.37. The fourth-order valence-electron chi connectivity index (χ4n) is 4.86. The van der Waals surface area contributed by atoms with Crippen LogP contribution in [0.2, 0.25) is 0 Å². The number of carbonyl (C=O) groups excluding carboxylic acids is 1. The first kappa shape index (κ1) is 12.4. The van der Waals surface area contributed by atoms with Crippen LogP contribution < -0.4 is 0 Å². The summed E-state index contributed by atoms with van der Waals surface area (Å²) in [6, 6.07) is 9.39. The van der Waals surface area contributed by atoms with Crippen molar-refractivity contribution in [3.05, 3.63) is 35.9 Å². The van der Waals surface area contributed by atoms with E-state index >= 15 is 0 Å². The topological polar surface area (TPSA) is 29.5 Å². The van der Waals surface area contributed by atoms with Gasteiger partial charge in [-0.3, -0.25) is 0 Å². The summed E-state index contributed by atoms with van der Waals surface area (Å²) in [6.07, 6.45) is 2.66. The number of rotatable bonds is 2. The maximum atomic E-state index is 12.3. The predicted octanol–water partition coefficient (Wildman–Crippen LogP) is 2.43. The number of nitrogens with zero attached hydrogens (tertiary/aromatic N) is 1. The number of hydrogen-bond acceptors (Lipinski definition) is 3. The molecule has 0 spiro atoms. The highest BCUT2D eigenvalue weighted by molar-refractivity contribution is 5.89. The lowest BCUT2D eigenvalue weighted by molar-refractivity contribution is 0.0139. The molecule has 4 atom stereocenters. The van der Waals surface area contributed by atoms with Gasteiger partial charge in [0.25, 0.3) is 0 Å². The quantitative estimate of drug-likeness (QED) is 0.774. The molecule has 0 unspecified atom stereocenters. The minimum Gasteiger partial charge on any atom is -0.458 e. The van der Waals surface area contributed by atoms with Crippen LogP contribution in [-0.4, -0.2) is 37.1 Å². The summed E-state index contributed by atoms with van der Waals surface area (Å²) in [5.74, 6) is 2.57. The molecule has 0 aromatic heterocycles. The van der Waals surface area contributed by atoms with Crippen LogP contribution in [0.25, 0.3) is 0 Å². The molecule has 4 rings (SSSR count). The minimum absolute atomic E-state index is 0.138. The summed E-state index contributed by atoms with van der Waals surface area (Å²) in [4.78, 5) is 14.7. The molecule has 1 aromatic carbocycles. The van der Waals surface area contributed by atoms with Crippen LogP contribution in [0, 0.1) is 23.7 Å². The van der Waals surface area contributed by atoms with Gasteiger partial charge in [-0.1, -0.05) is 18.2 Å². The molecule has 3 aliphatic rings. The van der Waals surface area contributed by atoms with Gasteiger partial charge in [0.2, 0.25) is 0 Å². The average Bonchev–Trinajstić information content (AvgIpc) is 3.10. The lowest BCUT2D eigenvalue weighted by Gasteiger charge is -2.21. The van der Waals surface area contributed by atoms with Crippen molar-refractivity contribution in [2.45, 2.75) is 18.9 Å². The highest BCUT2D eigenvalue weighted by Gasteiger charge is 2.58. The molecule has 1 aromatic rings. The van der Waals surface area contributed by atoms with Gasteiger partial charge in [0.1, 0.15) is 6.10 Å². The Kier molecular flexibility index (Phi) is 2.84. The van der Waals surface area contributed by atoms with Crippen molar-refractivity contribution in [2.24, 2.45) is 23.7 Å². The Bertz CT molecular complexity index is 495. The Morgan fingerprint density at radius 2 is 1.65 bits per heavy atom. The summed E-state index contributed by atoms with van der Waals surface area (Å²) in [5, 5.41) is 0. The van der Waals surface area contributed by atoms with Crippen molar-refractivity contribution in [2.75, 3.05) is 20.1 Å². The monoisotopic (exact) mass is 271 g/mol. The highest BCUT2D eigenvalue weighted by atomic mass is 16.5. The van der Waals surface area contributed by atoms with Gasteiger partial charge in [-0.05, 0) is 43.9 Å². The largest absolute Gasteiger partial charge is 0.458 e. The minimum atomic E-state index is -0.138. The Balaban J connectivity index is 1.50. The summed E-state index contributed by atoms with van der Waals surface area (Å²) in [5.41, 5.74) is 0.682. The number of carbonyl (C=O) groups is 1. The van der Waals surface area contributed by atoms with E-state index in [1.165, 1.54) is 25.9 Å². The number of fused-ring (bicyclic) bond motifs is 5. The van der Waals surface area contributed by atoms with Crippen molar-refractivity contribution in [1.82, 2.24) is 4.90 Å². The Morgan fingerprint density at radius 1 is 1.05 bits per heavy atom. The van der Waals surface area contributed by atoms with E-state index in [2.05, 4.69) is 11.9 Å². The first-order chi connectivity index (χ1) is 9.74. The third-order valence-corrected chi connectivity index (χ3v) is 5.62. The number of likely N-dealkylation sites (tertiary alicyclic amines) is 1. The number of esters is 1. The van der Waals surface area contributed by atoms with E-state index in [0.717, 1.165) is 11.8 Å². The van der Waals surface area contributed by atoms with Gasteiger partial charge in [-0.2, -0.15) is 0 Å². The SMILES string of the molecule is CN1C[C@H]2[C@H](C1)[C@H]1CC[C@H]2C1OC(=O)c1ccccc1. The normalized spacial score (nSPS) is 39.0. The van der Waals surface area contributed by atoms with Crippen molar-refractivity contribution in [3.63, 3.8) is 0 Å². The van der Waals surface area contributed by atoms with Crippen molar-refractivity contribution in [3.8, 4) is 0 Å². The van der Waals surface area contributed by atoms with Gasteiger partial charge in [-0.15, -0.1) is 0 Å². The third kappa shape index (κ3) is 1.80. The van der Waals surface area contributed by atoms with Crippen LogP contribution in [0.5, 0.6) is 0 Å². The Labute approximate surface area is 119 Å². The predicted molar refractivity (Wildman–Crippen MR) is 76.3 cm³/mol. The van der Waals surface area contributed by atoms with Crippen LogP contribution in [0.3, 0.4) is 0 Å². The van der Waals surface area contributed by atoms with E-state index < -0.39 is 0 Å². The lowest BCUT2D eigenvalue weighted by atomic mass is 9.82. The molecule has 20 heavy (non-hydrogen) atoms. The molecule has 106 valence electrons. The maximum Gasteiger partial charge on any atom is 0.338 e. The van der Waals surface area contributed by atoms with E-state index in [-0.39, 0.29) is 12.1 Å². The fourth-order valence-corrected chi connectivity index (χ4v) is 4.86. The molecule has 0 radical (unpaired) electrons. The van der Waals surface area contributed by atoms with E-state index in [0.29, 0.717) is 17.4 Å². The molecule has 0 amide bonds.